The lowest BCUT2D eigenvalue weighted by atomic mass is 10.1. The maximum atomic E-state index is 12.1. The maximum Gasteiger partial charge on any atom is 0.358 e. The normalized spacial score (nSPS) is 11.0. The molecule has 0 radical (unpaired) electrons. The first-order chi connectivity index (χ1) is 13.0. The lowest BCUT2D eigenvalue weighted by Crippen LogP contribution is -2.07. The number of esters is 1. The fourth-order valence-electron chi connectivity index (χ4n) is 2.15. The Morgan fingerprint density at radius 2 is 2.07 bits per heavy atom. The number of nitrogens with zero attached hydrogens (tertiary/aromatic N) is 3. The topological polar surface area (TPSA) is 90.1 Å². The van der Waals surface area contributed by atoms with Gasteiger partial charge in [-0.2, -0.15) is 4.98 Å². The van der Waals surface area contributed by atoms with Crippen LogP contribution in [-0.2, 0) is 11.3 Å². The molecule has 0 amide bonds. The van der Waals surface area contributed by atoms with Crippen molar-refractivity contribution in [2.75, 3.05) is 11.9 Å². The highest BCUT2D eigenvalue weighted by Gasteiger charge is 2.15. The van der Waals surface area contributed by atoms with E-state index in [1.807, 2.05) is 0 Å². The number of thiazole rings is 1. The third kappa shape index (κ3) is 5.51. The highest BCUT2D eigenvalue weighted by molar-refractivity contribution is 7.13. The second-order valence-corrected chi connectivity index (χ2v) is 7.54. The molecule has 9 heteroatoms. The van der Waals surface area contributed by atoms with Gasteiger partial charge in [0.25, 0.3) is 5.89 Å². The zero-order valence-electron chi connectivity index (χ0n) is 14.9. The molecule has 27 heavy (non-hydrogen) atoms. The summed E-state index contributed by atoms with van der Waals surface area (Å²) in [4.78, 5) is 20.6. The molecule has 7 nitrogen and oxygen atoms in total. The van der Waals surface area contributed by atoms with Crippen molar-refractivity contribution in [2.45, 2.75) is 26.9 Å². The van der Waals surface area contributed by atoms with Gasteiger partial charge in [0, 0.05) is 22.5 Å². The van der Waals surface area contributed by atoms with Gasteiger partial charge in [0.15, 0.2) is 17.4 Å². The summed E-state index contributed by atoms with van der Waals surface area (Å²) >= 11 is 7.23. The van der Waals surface area contributed by atoms with E-state index in [0.29, 0.717) is 21.9 Å². The van der Waals surface area contributed by atoms with E-state index in [-0.39, 0.29) is 18.2 Å². The number of hydrogen-bond donors (Lipinski definition) is 1. The van der Waals surface area contributed by atoms with E-state index in [1.54, 1.807) is 29.6 Å². The van der Waals surface area contributed by atoms with Crippen molar-refractivity contribution in [1.82, 2.24) is 15.1 Å². The molecule has 0 aliphatic rings. The largest absolute Gasteiger partial charge is 0.451 e. The van der Waals surface area contributed by atoms with Gasteiger partial charge in [0.2, 0.25) is 5.82 Å². The minimum absolute atomic E-state index is 0.118. The molecule has 0 fully saturated rings. The molecule has 3 rings (SSSR count). The summed E-state index contributed by atoms with van der Waals surface area (Å²) in [6.45, 7) is 5.01. The van der Waals surface area contributed by atoms with E-state index in [2.05, 4.69) is 34.3 Å². The number of halogens is 1. The van der Waals surface area contributed by atoms with E-state index in [9.17, 15) is 4.79 Å². The summed E-state index contributed by atoms with van der Waals surface area (Å²) in [5.74, 6) is 0.685. The summed E-state index contributed by atoms with van der Waals surface area (Å²) in [5.41, 5.74) is 1.02. The standard InChI is InChI=1S/C18H19ClN4O3S/c1-11(2)7-8-20-18-21-14(10-27-18)17(24)25-9-15-22-16(23-26-15)12-3-5-13(19)6-4-12/h3-6,10-11H,7-9H2,1-2H3,(H,20,21). The van der Waals surface area contributed by atoms with E-state index in [0.717, 1.165) is 18.5 Å². The van der Waals surface area contributed by atoms with Crippen LogP contribution < -0.4 is 5.32 Å². The van der Waals surface area contributed by atoms with Crippen LogP contribution >= 0.6 is 22.9 Å². The molecule has 1 aromatic carbocycles. The van der Waals surface area contributed by atoms with Gasteiger partial charge in [-0.15, -0.1) is 11.3 Å². The van der Waals surface area contributed by atoms with Crippen LogP contribution in [0, 0.1) is 5.92 Å². The molecule has 0 spiro atoms. The summed E-state index contributed by atoms with van der Waals surface area (Å²) in [7, 11) is 0. The van der Waals surface area contributed by atoms with Crippen LogP contribution in [0.15, 0.2) is 34.2 Å². The van der Waals surface area contributed by atoms with Gasteiger partial charge in [-0.05, 0) is 36.6 Å². The smallest absolute Gasteiger partial charge is 0.358 e. The van der Waals surface area contributed by atoms with Gasteiger partial charge in [0.1, 0.15) is 0 Å². The van der Waals surface area contributed by atoms with Crippen molar-refractivity contribution in [3.63, 3.8) is 0 Å². The van der Waals surface area contributed by atoms with Gasteiger partial charge >= 0.3 is 5.97 Å². The van der Waals surface area contributed by atoms with Crippen molar-refractivity contribution in [3.8, 4) is 11.4 Å². The SMILES string of the molecule is CC(C)CCNc1nc(C(=O)OCc2nc(-c3ccc(Cl)cc3)no2)cs1. The van der Waals surface area contributed by atoms with Crippen molar-refractivity contribution in [2.24, 2.45) is 5.92 Å². The first-order valence-corrected chi connectivity index (χ1v) is 9.72. The van der Waals surface area contributed by atoms with Crippen LogP contribution in [0.5, 0.6) is 0 Å². The Morgan fingerprint density at radius 3 is 2.81 bits per heavy atom. The Labute approximate surface area is 165 Å². The van der Waals surface area contributed by atoms with Crippen LogP contribution in [0.3, 0.4) is 0 Å². The van der Waals surface area contributed by atoms with Crippen molar-refractivity contribution in [3.05, 3.63) is 46.3 Å². The Hall–Kier alpha value is -2.45. The van der Waals surface area contributed by atoms with Gasteiger partial charge in [-0.25, -0.2) is 9.78 Å². The monoisotopic (exact) mass is 406 g/mol. The number of hydrogen-bond acceptors (Lipinski definition) is 8. The maximum absolute atomic E-state index is 12.1. The molecule has 0 bridgehead atoms. The number of nitrogens with one attached hydrogen (secondary N) is 1. The summed E-state index contributed by atoms with van der Waals surface area (Å²) in [5, 5.41) is 10.1. The molecule has 0 saturated heterocycles. The molecule has 3 aromatic rings. The molecule has 142 valence electrons. The summed E-state index contributed by atoms with van der Waals surface area (Å²) in [6.07, 6.45) is 1.03. The molecule has 2 aromatic heterocycles. The lowest BCUT2D eigenvalue weighted by Gasteiger charge is -2.04. The third-order valence-electron chi connectivity index (χ3n) is 3.61. The van der Waals surface area contributed by atoms with Gasteiger partial charge in [-0.3, -0.25) is 0 Å². The van der Waals surface area contributed by atoms with Gasteiger partial charge < -0.3 is 14.6 Å². The zero-order valence-corrected chi connectivity index (χ0v) is 16.5. The number of ether oxygens (including phenoxy) is 1. The third-order valence-corrected chi connectivity index (χ3v) is 4.66. The highest BCUT2D eigenvalue weighted by atomic mass is 35.5. The second kappa shape index (κ2) is 8.96. The fourth-order valence-corrected chi connectivity index (χ4v) is 2.98. The first-order valence-electron chi connectivity index (χ1n) is 8.46. The zero-order chi connectivity index (χ0) is 19.2. The molecule has 0 saturated carbocycles. The number of rotatable bonds is 8. The molecular formula is C18H19ClN4O3S. The van der Waals surface area contributed by atoms with Crippen LogP contribution in [-0.4, -0.2) is 27.6 Å². The van der Waals surface area contributed by atoms with Crippen LogP contribution in [0.4, 0.5) is 5.13 Å². The molecule has 1 N–H and O–H groups in total. The van der Waals surface area contributed by atoms with Crippen molar-refractivity contribution in [1.29, 1.82) is 0 Å². The Morgan fingerprint density at radius 1 is 1.30 bits per heavy atom. The summed E-state index contributed by atoms with van der Waals surface area (Å²) in [6, 6.07) is 7.04. The van der Waals surface area contributed by atoms with Crippen LogP contribution in [0.25, 0.3) is 11.4 Å². The number of aromatic nitrogens is 3. The number of carbonyl (C=O) groups is 1. The molecular weight excluding hydrogens is 388 g/mol. The van der Waals surface area contributed by atoms with E-state index >= 15 is 0 Å². The van der Waals surface area contributed by atoms with E-state index < -0.39 is 5.97 Å². The first kappa shape index (κ1) is 19.3. The highest BCUT2D eigenvalue weighted by Crippen LogP contribution is 2.20. The minimum Gasteiger partial charge on any atom is -0.451 e. The number of benzene rings is 1. The molecule has 0 unspecified atom stereocenters. The van der Waals surface area contributed by atoms with Gasteiger partial charge in [0.05, 0.1) is 0 Å². The van der Waals surface area contributed by atoms with E-state index in [1.165, 1.54) is 11.3 Å². The minimum atomic E-state index is -0.533. The van der Waals surface area contributed by atoms with Gasteiger partial charge in [-0.1, -0.05) is 30.6 Å². The molecule has 2 heterocycles. The number of carbonyl (C=O) groups excluding carboxylic acids is 1. The lowest BCUT2D eigenvalue weighted by molar-refractivity contribution is 0.0424. The van der Waals surface area contributed by atoms with Crippen LogP contribution in [0.1, 0.15) is 36.6 Å². The predicted octanol–water partition coefficient (Wildman–Crippen LogP) is 4.66. The number of anilines is 1. The summed E-state index contributed by atoms with van der Waals surface area (Å²) < 4.78 is 10.3. The molecule has 0 atom stereocenters. The Bertz CT molecular complexity index is 892. The molecule has 0 aliphatic carbocycles. The van der Waals surface area contributed by atoms with Crippen molar-refractivity contribution < 1.29 is 14.1 Å². The van der Waals surface area contributed by atoms with E-state index in [4.69, 9.17) is 20.9 Å². The van der Waals surface area contributed by atoms with Crippen LogP contribution in [0.2, 0.25) is 5.02 Å². The predicted molar refractivity (Wildman–Crippen MR) is 104 cm³/mol. The Kier molecular flexibility index (Phi) is 6.41. The quantitative estimate of drug-likeness (QED) is 0.544. The average molecular weight is 407 g/mol. The van der Waals surface area contributed by atoms with Crippen molar-refractivity contribution >= 4 is 34.0 Å². The molecule has 0 aliphatic heterocycles. The Balaban J connectivity index is 1.52. The fraction of sp³-hybridized carbons (Fsp3) is 0.333. The average Bonchev–Trinajstić information content (AvgIpc) is 3.30. The second-order valence-electron chi connectivity index (χ2n) is 6.24.